The molecule has 38 heavy (non-hydrogen) atoms. The molecule has 4 heterocycles. The molecule has 0 aliphatic carbocycles. The Morgan fingerprint density at radius 3 is 2.58 bits per heavy atom. The number of rotatable bonds is 12. The number of nitrogens with two attached hydrogens (primary N) is 1. The van der Waals surface area contributed by atoms with Crippen LogP contribution in [0.1, 0.15) is 45.7 Å². The molecule has 3 aromatic heterocycles. The highest BCUT2D eigenvalue weighted by molar-refractivity contribution is 5.86. The predicted octanol–water partition coefficient (Wildman–Crippen LogP) is 1.72. The lowest BCUT2D eigenvalue weighted by Crippen LogP contribution is -2.50. The zero-order chi connectivity index (χ0) is 27.3. The summed E-state index contributed by atoms with van der Waals surface area (Å²) in [6.07, 6.45) is 6.02. The molecule has 5 N–H and O–H groups in total. The third kappa shape index (κ3) is 6.80. The third-order valence-electron chi connectivity index (χ3n) is 6.74. The van der Waals surface area contributed by atoms with Gasteiger partial charge in [0.1, 0.15) is 22.5 Å². The van der Waals surface area contributed by atoms with Crippen molar-refractivity contribution in [1.29, 1.82) is 0 Å². The Morgan fingerprint density at radius 1 is 1.16 bits per heavy atom. The molecule has 0 radical (unpaired) electrons. The number of aromatic nitrogens is 5. The molecule has 1 unspecified atom stereocenters. The van der Waals surface area contributed by atoms with Gasteiger partial charge in [-0.3, -0.25) is 14.6 Å². The smallest absolute Gasteiger partial charge is 0.222 e. The standard InChI is InChI=1S/C26H41N9O3/c1-5-6-18(7-12-36)30-24-23-20(31-25(27)32-24)15-29-35(23)16-21-22(38-4)13-19(14-28-21)34-10-8-33(9-11-34)17-26(2,3)37/h13-15,18,36-37H,5-12,16-17H2,1-4H3,(H3,27,30,31,32). The van der Waals surface area contributed by atoms with Gasteiger partial charge in [-0.25, -0.2) is 4.98 Å². The number of anilines is 3. The molecule has 4 rings (SSSR count). The molecule has 0 spiro atoms. The van der Waals surface area contributed by atoms with Gasteiger partial charge < -0.3 is 30.9 Å². The normalized spacial score (nSPS) is 15.7. The lowest BCUT2D eigenvalue weighted by Gasteiger charge is -2.38. The van der Waals surface area contributed by atoms with E-state index in [-0.39, 0.29) is 18.6 Å². The van der Waals surface area contributed by atoms with Gasteiger partial charge in [-0.15, -0.1) is 0 Å². The fraction of sp³-hybridized carbons (Fsp3) is 0.615. The minimum absolute atomic E-state index is 0.0571. The van der Waals surface area contributed by atoms with Gasteiger partial charge in [-0.2, -0.15) is 10.1 Å². The van der Waals surface area contributed by atoms with E-state index in [1.54, 1.807) is 18.0 Å². The van der Waals surface area contributed by atoms with E-state index in [0.717, 1.165) is 55.9 Å². The van der Waals surface area contributed by atoms with E-state index in [0.29, 0.717) is 36.6 Å². The van der Waals surface area contributed by atoms with E-state index in [1.807, 2.05) is 26.1 Å². The molecule has 1 fully saturated rings. The van der Waals surface area contributed by atoms with Crippen molar-refractivity contribution in [1.82, 2.24) is 29.6 Å². The number of hydrogen-bond donors (Lipinski definition) is 4. The van der Waals surface area contributed by atoms with Crippen LogP contribution in [-0.4, -0.2) is 97.9 Å². The van der Waals surface area contributed by atoms with Crippen molar-refractivity contribution in [3.05, 3.63) is 24.2 Å². The summed E-state index contributed by atoms with van der Waals surface area (Å²) in [7, 11) is 1.65. The molecule has 1 aliphatic rings. The minimum Gasteiger partial charge on any atom is -0.495 e. The Morgan fingerprint density at radius 2 is 1.92 bits per heavy atom. The SMILES string of the molecule is CCCC(CCO)Nc1nc(N)nc2cnn(Cc3ncc(N4CCN(CC(C)(C)O)CC4)cc3OC)c12. The van der Waals surface area contributed by atoms with Gasteiger partial charge >= 0.3 is 0 Å². The van der Waals surface area contributed by atoms with Crippen molar-refractivity contribution >= 4 is 28.5 Å². The van der Waals surface area contributed by atoms with Crippen LogP contribution in [0, 0.1) is 0 Å². The number of aliphatic hydroxyl groups excluding tert-OH is 1. The maximum atomic E-state index is 10.1. The Kier molecular flexibility index (Phi) is 8.85. The number of nitrogens with one attached hydrogen (secondary N) is 1. The van der Waals surface area contributed by atoms with E-state index in [1.165, 1.54) is 0 Å². The van der Waals surface area contributed by atoms with Gasteiger partial charge in [0.2, 0.25) is 5.95 Å². The second kappa shape index (κ2) is 12.1. The first kappa shape index (κ1) is 27.8. The number of piperazine rings is 1. The number of hydrogen-bond acceptors (Lipinski definition) is 11. The summed E-state index contributed by atoms with van der Waals surface area (Å²) in [6, 6.07) is 2.08. The van der Waals surface area contributed by atoms with Crippen LogP contribution in [0.3, 0.4) is 0 Å². The molecule has 0 amide bonds. The van der Waals surface area contributed by atoms with E-state index < -0.39 is 5.60 Å². The molecule has 1 saturated heterocycles. The lowest BCUT2D eigenvalue weighted by atomic mass is 10.1. The first-order chi connectivity index (χ1) is 18.2. The van der Waals surface area contributed by atoms with Gasteiger partial charge in [0.05, 0.1) is 37.3 Å². The number of methoxy groups -OCH3 is 1. The highest BCUT2D eigenvalue weighted by Gasteiger charge is 2.24. The van der Waals surface area contributed by atoms with Crippen LogP contribution in [-0.2, 0) is 6.54 Å². The quantitative estimate of drug-likeness (QED) is 0.272. The van der Waals surface area contributed by atoms with Crippen LogP contribution < -0.4 is 20.7 Å². The van der Waals surface area contributed by atoms with Crippen molar-refractivity contribution in [2.24, 2.45) is 0 Å². The second-order valence-electron chi connectivity index (χ2n) is 10.5. The zero-order valence-electron chi connectivity index (χ0n) is 22.9. The molecule has 208 valence electrons. The fourth-order valence-corrected chi connectivity index (χ4v) is 5.01. The van der Waals surface area contributed by atoms with Gasteiger partial charge in [-0.1, -0.05) is 13.3 Å². The number of pyridine rings is 1. The molecule has 12 heteroatoms. The first-order valence-electron chi connectivity index (χ1n) is 13.3. The van der Waals surface area contributed by atoms with Crippen molar-refractivity contribution in [2.45, 2.75) is 58.2 Å². The highest BCUT2D eigenvalue weighted by atomic mass is 16.5. The maximum Gasteiger partial charge on any atom is 0.222 e. The highest BCUT2D eigenvalue weighted by Crippen LogP contribution is 2.28. The average Bonchev–Trinajstić information content (AvgIpc) is 3.26. The summed E-state index contributed by atoms with van der Waals surface area (Å²) in [6.45, 7) is 10.4. The van der Waals surface area contributed by atoms with Crippen LogP contribution in [0.2, 0.25) is 0 Å². The van der Waals surface area contributed by atoms with Gasteiger partial charge in [-0.05, 0) is 26.7 Å². The monoisotopic (exact) mass is 527 g/mol. The van der Waals surface area contributed by atoms with Crippen LogP contribution >= 0.6 is 0 Å². The van der Waals surface area contributed by atoms with E-state index in [9.17, 15) is 10.2 Å². The predicted molar refractivity (Wildman–Crippen MR) is 149 cm³/mol. The summed E-state index contributed by atoms with van der Waals surface area (Å²) < 4.78 is 7.54. The maximum absolute atomic E-state index is 10.1. The van der Waals surface area contributed by atoms with Crippen LogP contribution in [0.5, 0.6) is 5.75 Å². The van der Waals surface area contributed by atoms with Crippen molar-refractivity contribution in [2.75, 3.05) is 62.4 Å². The molecular formula is C26H41N9O3. The Labute approximate surface area is 223 Å². The van der Waals surface area contributed by atoms with Crippen molar-refractivity contribution < 1.29 is 14.9 Å². The largest absolute Gasteiger partial charge is 0.495 e. The number of ether oxygens (including phenoxy) is 1. The van der Waals surface area contributed by atoms with E-state index in [2.05, 4.69) is 37.1 Å². The molecule has 0 aromatic carbocycles. The Hall–Kier alpha value is -3.22. The molecule has 1 atom stereocenters. The Balaban J connectivity index is 1.54. The number of β-amino-alcohol motifs (C(OH)–C–C–N with tert-alkyl or cyclic N) is 1. The summed E-state index contributed by atoms with van der Waals surface area (Å²) in [4.78, 5) is 18.1. The first-order valence-corrected chi connectivity index (χ1v) is 13.3. The summed E-state index contributed by atoms with van der Waals surface area (Å²) in [5.74, 6) is 1.44. The number of nitrogens with zero attached hydrogens (tertiary/aromatic N) is 7. The Bertz CT molecular complexity index is 1200. The molecule has 0 bridgehead atoms. The van der Waals surface area contributed by atoms with E-state index in [4.69, 9.17) is 15.5 Å². The van der Waals surface area contributed by atoms with E-state index >= 15 is 0 Å². The lowest BCUT2D eigenvalue weighted by molar-refractivity contribution is 0.0345. The average molecular weight is 528 g/mol. The number of nitrogen functional groups attached to an aromatic ring is 1. The van der Waals surface area contributed by atoms with Crippen LogP contribution in [0.15, 0.2) is 18.5 Å². The topological polar surface area (TPSA) is 151 Å². The van der Waals surface area contributed by atoms with Crippen molar-refractivity contribution in [3.8, 4) is 5.75 Å². The van der Waals surface area contributed by atoms with Crippen LogP contribution in [0.25, 0.3) is 11.0 Å². The number of aliphatic hydroxyl groups is 2. The summed E-state index contributed by atoms with van der Waals surface area (Å²) in [5.41, 5.74) is 8.39. The van der Waals surface area contributed by atoms with Crippen LogP contribution in [0.4, 0.5) is 17.5 Å². The molecule has 0 saturated carbocycles. The summed E-state index contributed by atoms with van der Waals surface area (Å²) in [5, 5.41) is 27.6. The van der Waals surface area contributed by atoms with Gasteiger partial charge in [0.25, 0.3) is 0 Å². The van der Waals surface area contributed by atoms with Gasteiger partial charge in [0.15, 0.2) is 5.82 Å². The molecule has 3 aromatic rings. The zero-order valence-corrected chi connectivity index (χ0v) is 22.9. The van der Waals surface area contributed by atoms with Gasteiger partial charge in [0, 0.05) is 51.4 Å². The molecule has 1 aliphatic heterocycles. The number of fused-ring (bicyclic) bond motifs is 1. The van der Waals surface area contributed by atoms with Crippen molar-refractivity contribution in [3.63, 3.8) is 0 Å². The fourth-order valence-electron chi connectivity index (χ4n) is 5.01. The minimum atomic E-state index is -0.701. The molecule has 12 nitrogen and oxygen atoms in total. The molecular weight excluding hydrogens is 486 g/mol. The second-order valence-corrected chi connectivity index (χ2v) is 10.5. The third-order valence-corrected chi connectivity index (χ3v) is 6.74. The summed E-state index contributed by atoms with van der Waals surface area (Å²) >= 11 is 0.